The Labute approximate surface area is 156 Å². The van der Waals surface area contributed by atoms with Gasteiger partial charge >= 0.3 is 5.69 Å². The summed E-state index contributed by atoms with van der Waals surface area (Å²) in [5.41, 5.74) is 2.48. The van der Waals surface area contributed by atoms with Crippen molar-refractivity contribution in [2.24, 2.45) is 5.10 Å². The van der Waals surface area contributed by atoms with Crippen LogP contribution in [-0.4, -0.2) is 28.3 Å². The lowest BCUT2D eigenvalue weighted by Crippen LogP contribution is -2.25. The molecule has 140 valence electrons. The van der Waals surface area contributed by atoms with E-state index in [0.717, 1.165) is 16.7 Å². The Hall–Kier alpha value is -3.42. The highest BCUT2D eigenvalue weighted by Gasteiger charge is 2.32. The summed E-state index contributed by atoms with van der Waals surface area (Å²) >= 11 is 0. The maximum atomic E-state index is 11.9. The molecule has 1 heterocycles. The van der Waals surface area contributed by atoms with E-state index in [4.69, 9.17) is 9.47 Å². The van der Waals surface area contributed by atoms with Crippen LogP contribution in [0.5, 0.6) is 5.75 Å². The minimum absolute atomic E-state index is 0.116. The number of carbonyl (C=O) groups excluding carboxylic acids is 1. The van der Waals surface area contributed by atoms with Crippen molar-refractivity contribution >= 4 is 17.5 Å². The first-order chi connectivity index (χ1) is 12.8. The number of carbonyl (C=O) groups is 1. The lowest BCUT2D eigenvalue weighted by atomic mass is 10.1. The van der Waals surface area contributed by atoms with Crippen LogP contribution in [0.15, 0.2) is 47.6 Å². The Bertz CT molecular complexity index is 908. The van der Waals surface area contributed by atoms with Crippen LogP contribution in [0.3, 0.4) is 0 Å². The second-order valence-corrected chi connectivity index (χ2v) is 6.26. The largest absolute Gasteiger partial charge is 0.477 e. The topological polar surface area (TPSA) is 94.3 Å². The van der Waals surface area contributed by atoms with Gasteiger partial charge in [-0.2, -0.15) is 5.01 Å². The smallest absolute Gasteiger partial charge is 0.311 e. The van der Waals surface area contributed by atoms with E-state index in [2.05, 4.69) is 5.10 Å². The van der Waals surface area contributed by atoms with Crippen molar-refractivity contribution in [3.05, 3.63) is 69.3 Å². The lowest BCUT2D eigenvalue weighted by Gasteiger charge is -2.19. The molecule has 0 saturated carbocycles. The van der Waals surface area contributed by atoms with Crippen LogP contribution in [0.1, 0.15) is 29.8 Å². The van der Waals surface area contributed by atoms with E-state index in [0.29, 0.717) is 0 Å². The first-order valence-corrected chi connectivity index (χ1v) is 8.33. The van der Waals surface area contributed by atoms with E-state index in [1.165, 1.54) is 24.1 Å². The number of benzene rings is 2. The average molecular weight is 369 g/mol. The minimum atomic E-state index is -0.685. The van der Waals surface area contributed by atoms with Gasteiger partial charge in [-0.05, 0) is 25.5 Å². The van der Waals surface area contributed by atoms with Gasteiger partial charge in [0, 0.05) is 18.6 Å². The Morgan fingerprint density at radius 2 is 1.89 bits per heavy atom. The fourth-order valence-electron chi connectivity index (χ4n) is 2.65. The van der Waals surface area contributed by atoms with Gasteiger partial charge in [-0.3, -0.25) is 14.9 Å². The van der Waals surface area contributed by atoms with Crippen molar-refractivity contribution in [1.82, 2.24) is 5.01 Å². The molecule has 1 amide bonds. The molecule has 0 saturated heterocycles. The fraction of sp³-hybridized carbons (Fsp3) is 0.263. The summed E-state index contributed by atoms with van der Waals surface area (Å²) in [7, 11) is 0. The van der Waals surface area contributed by atoms with Crippen LogP contribution in [0.25, 0.3) is 0 Å². The zero-order valence-corrected chi connectivity index (χ0v) is 15.2. The van der Waals surface area contributed by atoms with E-state index in [9.17, 15) is 14.9 Å². The summed E-state index contributed by atoms with van der Waals surface area (Å²) in [5, 5.41) is 16.6. The van der Waals surface area contributed by atoms with Gasteiger partial charge in [0.25, 0.3) is 0 Å². The maximum Gasteiger partial charge on any atom is 0.311 e. The van der Waals surface area contributed by atoms with Crippen LogP contribution in [-0.2, 0) is 9.53 Å². The van der Waals surface area contributed by atoms with Gasteiger partial charge in [0.2, 0.25) is 18.0 Å². The van der Waals surface area contributed by atoms with Gasteiger partial charge < -0.3 is 9.47 Å². The van der Waals surface area contributed by atoms with E-state index in [1.54, 1.807) is 13.0 Å². The number of nitrogens with zero attached hydrogens (tertiary/aromatic N) is 3. The number of nitro groups is 1. The molecule has 27 heavy (non-hydrogen) atoms. The number of aryl methyl sites for hydroxylation is 2. The van der Waals surface area contributed by atoms with Crippen molar-refractivity contribution in [2.45, 2.75) is 27.0 Å². The molecule has 1 aliphatic rings. The van der Waals surface area contributed by atoms with Crippen LogP contribution in [0.2, 0.25) is 0 Å². The second-order valence-electron chi connectivity index (χ2n) is 6.26. The second kappa shape index (κ2) is 7.45. The highest BCUT2D eigenvalue weighted by Crippen LogP contribution is 2.30. The number of amides is 1. The first-order valence-electron chi connectivity index (χ1n) is 8.33. The molecule has 0 aliphatic carbocycles. The molecule has 8 nitrogen and oxygen atoms in total. The molecule has 8 heteroatoms. The average Bonchev–Trinajstić information content (AvgIpc) is 3.06. The number of ether oxygens (including phenoxy) is 2. The van der Waals surface area contributed by atoms with Crippen LogP contribution >= 0.6 is 0 Å². The molecular formula is C19H19N3O5. The maximum absolute atomic E-state index is 11.9. The normalized spacial score (nSPS) is 15.9. The number of hydrazone groups is 1. The zero-order valence-electron chi connectivity index (χ0n) is 15.2. The van der Waals surface area contributed by atoms with Gasteiger partial charge in [-0.1, -0.05) is 35.9 Å². The number of nitro benzene ring substituents is 1. The third-order valence-corrected chi connectivity index (χ3v) is 4.04. The number of rotatable bonds is 5. The van der Waals surface area contributed by atoms with Crippen LogP contribution in [0, 0.1) is 24.0 Å². The van der Waals surface area contributed by atoms with Gasteiger partial charge in [-0.15, -0.1) is 5.10 Å². The molecule has 2 aromatic rings. The van der Waals surface area contributed by atoms with Crippen LogP contribution < -0.4 is 4.74 Å². The molecular weight excluding hydrogens is 350 g/mol. The summed E-state index contributed by atoms with van der Waals surface area (Å²) in [6.45, 7) is 4.99. The first kappa shape index (κ1) is 18.4. The van der Waals surface area contributed by atoms with E-state index in [1.807, 2.05) is 31.2 Å². The van der Waals surface area contributed by atoms with Crippen molar-refractivity contribution in [2.75, 3.05) is 6.61 Å². The Morgan fingerprint density at radius 3 is 2.52 bits per heavy atom. The fourth-order valence-corrected chi connectivity index (χ4v) is 2.65. The molecule has 0 unspecified atom stereocenters. The molecule has 0 spiro atoms. The van der Waals surface area contributed by atoms with E-state index >= 15 is 0 Å². The monoisotopic (exact) mass is 369 g/mol. The third-order valence-electron chi connectivity index (χ3n) is 4.04. The van der Waals surface area contributed by atoms with E-state index in [-0.39, 0.29) is 29.8 Å². The zero-order chi connectivity index (χ0) is 19.6. The Morgan fingerprint density at radius 1 is 1.22 bits per heavy atom. The summed E-state index contributed by atoms with van der Waals surface area (Å²) in [6, 6.07) is 12.2. The minimum Gasteiger partial charge on any atom is -0.477 e. The molecule has 1 aliphatic heterocycles. The number of hydrogen-bond donors (Lipinski definition) is 0. The highest BCUT2D eigenvalue weighted by atomic mass is 16.6. The number of hydrogen-bond acceptors (Lipinski definition) is 6. The lowest BCUT2D eigenvalue weighted by molar-refractivity contribution is -0.385. The summed E-state index contributed by atoms with van der Waals surface area (Å²) in [4.78, 5) is 22.6. The van der Waals surface area contributed by atoms with Crippen molar-refractivity contribution in [3.8, 4) is 5.75 Å². The Kier molecular flexibility index (Phi) is 5.07. The SMILES string of the molecule is CC(=O)N1N=C(COc2ccc(C)cc2[N+](=O)[O-])O[C@@H]1c1ccc(C)cc1. The van der Waals surface area contributed by atoms with Crippen molar-refractivity contribution in [1.29, 1.82) is 0 Å². The molecule has 0 N–H and O–H groups in total. The Balaban J connectivity index is 1.76. The molecule has 2 aromatic carbocycles. The van der Waals surface area contributed by atoms with Crippen molar-refractivity contribution in [3.63, 3.8) is 0 Å². The molecule has 0 radical (unpaired) electrons. The predicted octanol–water partition coefficient (Wildman–Crippen LogP) is 3.48. The van der Waals surface area contributed by atoms with Crippen molar-refractivity contribution < 1.29 is 19.2 Å². The summed E-state index contributed by atoms with van der Waals surface area (Å²) < 4.78 is 11.3. The quantitative estimate of drug-likeness (QED) is 0.594. The van der Waals surface area contributed by atoms with Gasteiger partial charge in [0.1, 0.15) is 0 Å². The molecule has 1 atom stereocenters. The van der Waals surface area contributed by atoms with Crippen LogP contribution in [0.4, 0.5) is 5.69 Å². The highest BCUT2D eigenvalue weighted by molar-refractivity contribution is 5.83. The van der Waals surface area contributed by atoms with Gasteiger partial charge in [0.15, 0.2) is 12.4 Å². The molecule has 3 rings (SSSR count). The molecule has 0 aromatic heterocycles. The molecule has 0 bridgehead atoms. The summed E-state index contributed by atoms with van der Waals surface area (Å²) in [6.07, 6.45) is -0.685. The van der Waals surface area contributed by atoms with Gasteiger partial charge in [-0.25, -0.2) is 0 Å². The van der Waals surface area contributed by atoms with E-state index < -0.39 is 11.2 Å². The third kappa shape index (κ3) is 4.05. The summed E-state index contributed by atoms with van der Waals surface area (Å²) in [5.74, 6) is 0.00704. The standard InChI is InChI=1S/C19H19N3O5/c1-12-4-7-15(8-5-12)19-21(14(3)23)20-18(27-19)11-26-17-9-6-13(2)10-16(17)22(24)25/h4-10,19H,11H2,1-3H3/t19-/m1/s1. The predicted molar refractivity (Wildman–Crippen MR) is 98.3 cm³/mol. The van der Waals surface area contributed by atoms with Gasteiger partial charge in [0.05, 0.1) is 4.92 Å². The molecule has 0 fully saturated rings.